The maximum atomic E-state index is 13.4. The van der Waals surface area contributed by atoms with Gasteiger partial charge in [-0.15, -0.1) is 0 Å². The van der Waals surface area contributed by atoms with E-state index in [1.807, 2.05) is 6.07 Å². The van der Waals surface area contributed by atoms with Crippen LogP contribution in [0.2, 0.25) is 0 Å². The first-order chi connectivity index (χ1) is 17.4. The third-order valence-electron chi connectivity index (χ3n) is 5.91. The van der Waals surface area contributed by atoms with Crippen molar-refractivity contribution in [3.8, 4) is 11.5 Å². The predicted molar refractivity (Wildman–Crippen MR) is 133 cm³/mol. The second-order valence-corrected chi connectivity index (χ2v) is 8.33. The van der Waals surface area contributed by atoms with Crippen LogP contribution in [0.15, 0.2) is 66.7 Å². The first-order valence-corrected chi connectivity index (χ1v) is 11.3. The zero-order valence-electron chi connectivity index (χ0n) is 19.9. The molecular weight excluding hydrogens is 465 g/mol. The Hall–Kier alpha value is -4.40. The molecule has 0 aliphatic carbocycles. The van der Waals surface area contributed by atoms with Crippen molar-refractivity contribution in [2.45, 2.75) is 13.0 Å². The maximum Gasteiger partial charge on any atom is 0.255 e. The van der Waals surface area contributed by atoms with E-state index in [0.29, 0.717) is 22.9 Å². The highest BCUT2D eigenvalue weighted by Gasteiger charge is 2.36. The molecule has 1 atom stereocenters. The molecule has 0 bridgehead atoms. The van der Waals surface area contributed by atoms with Gasteiger partial charge in [-0.1, -0.05) is 18.2 Å². The summed E-state index contributed by atoms with van der Waals surface area (Å²) in [6, 6.07) is 17.6. The normalized spacial score (nSPS) is 14.9. The van der Waals surface area contributed by atoms with Crippen LogP contribution < -0.4 is 25.0 Å². The number of carbonyl (C=O) groups is 3. The lowest BCUT2D eigenvalue weighted by molar-refractivity contribution is -0.126. The number of amides is 3. The summed E-state index contributed by atoms with van der Waals surface area (Å²) in [5.41, 5.74) is 2.04. The van der Waals surface area contributed by atoms with Crippen LogP contribution in [0.5, 0.6) is 11.5 Å². The SMILES string of the molecule is COc1ccc(OC)c(N2CC(C(=O)NCc3cccc(NC(=O)c4cccc(F)c4)c3)CC2=O)c1. The number of hydrogen-bond donors (Lipinski definition) is 2. The van der Waals surface area contributed by atoms with Crippen molar-refractivity contribution >= 4 is 29.1 Å². The Morgan fingerprint density at radius 3 is 2.58 bits per heavy atom. The highest BCUT2D eigenvalue weighted by Crippen LogP contribution is 2.36. The third-order valence-corrected chi connectivity index (χ3v) is 5.91. The van der Waals surface area contributed by atoms with Crippen LogP contribution in [0.25, 0.3) is 0 Å². The lowest BCUT2D eigenvalue weighted by atomic mass is 10.1. The number of nitrogens with zero attached hydrogens (tertiary/aromatic N) is 1. The van der Waals surface area contributed by atoms with E-state index in [-0.39, 0.29) is 36.9 Å². The summed E-state index contributed by atoms with van der Waals surface area (Å²) >= 11 is 0. The Kier molecular flexibility index (Phi) is 7.48. The van der Waals surface area contributed by atoms with Crippen LogP contribution in [0.3, 0.4) is 0 Å². The Labute approximate surface area is 208 Å². The fourth-order valence-electron chi connectivity index (χ4n) is 4.05. The average molecular weight is 492 g/mol. The maximum absolute atomic E-state index is 13.4. The van der Waals surface area contributed by atoms with Crippen LogP contribution in [-0.2, 0) is 16.1 Å². The summed E-state index contributed by atoms with van der Waals surface area (Å²) in [7, 11) is 3.06. The molecular formula is C27H26FN3O5. The molecule has 3 aromatic rings. The smallest absolute Gasteiger partial charge is 0.255 e. The second-order valence-electron chi connectivity index (χ2n) is 8.33. The number of benzene rings is 3. The molecule has 9 heteroatoms. The molecule has 1 fully saturated rings. The summed E-state index contributed by atoms with van der Waals surface area (Å²) in [6.07, 6.45) is 0.0793. The van der Waals surface area contributed by atoms with Gasteiger partial charge in [-0.2, -0.15) is 0 Å². The van der Waals surface area contributed by atoms with Crippen molar-refractivity contribution in [3.05, 3.63) is 83.7 Å². The minimum Gasteiger partial charge on any atom is -0.497 e. The molecule has 3 aromatic carbocycles. The molecule has 2 N–H and O–H groups in total. The van der Waals surface area contributed by atoms with E-state index in [1.54, 1.807) is 36.4 Å². The average Bonchev–Trinajstić information content (AvgIpc) is 3.28. The second kappa shape index (κ2) is 10.9. The fraction of sp³-hybridized carbons (Fsp3) is 0.222. The van der Waals surface area contributed by atoms with Gasteiger partial charge in [0, 0.05) is 36.8 Å². The van der Waals surface area contributed by atoms with Crippen molar-refractivity contribution in [3.63, 3.8) is 0 Å². The quantitative estimate of drug-likeness (QED) is 0.500. The molecule has 1 aliphatic heterocycles. The third kappa shape index (κ3) is 5.63. The van der Waals surface area contributed by atoms with Crippen molar-refractivity contribution in [1.82, 2.24) is 5.32 Å². The first-order valence-electron chi connectivity index (χ1n) is 11.3. The van der Waals surface area contributed by atoms with E-state index in [2.05, 4.69) is 10.6 Å². The molecule has 1 saturated heterocycles. The highest BCUT2D eigenvalue weighted by molar-refractivity contribution is 6.04. The van der Waals surface area contributed by atoms with Gasteiger partial charge in [-0.3, -0.25) is 14.4 Å². The Morgan fingerprint density at radius 1 is 1.03 bits per heavy atom. The number of halogens is 1. The molecule has 4 rings (SSSR count). The van der Waals surface area contributed by atoms with E-state index >= 15 is 0 Å². The van der Waals surface area contributed by atoms with Gasteiger partial charge < -0.3 is 25.0 Å². The number of hydrogen-bond acceptors (Lipinski definition) is 5. The van der Waals surface area contributed by atoms with Gasteiger partial charge in [0.1, 0.15) is 17.3 Å². The molecule has 8 nitrogen and oxygen atoms in total. The van der Waals surface area contributed by atoms with Gasteiger partial charge in [0.15, 0.2) is 0 Å². The molecule has 1 unspecified atom stereocenters. The minimum atomic E-state index is -0.524. The van der Waals surface area contributed by atoms with Gasteiger partial charge in [0.05, 0.1) is 25.8 Å². The molecule has 1 aliphatic rings. The van der Waals surface area contributed by atoms with E-state index in [9.17, 15) is 18.8 Å². The monoisotopic (exact) mass is 491 g/mol. The molecule has 0 aromatic heterocycles. The number of anilines is 2. The summed E-state index contributed by atoms with van der Waals surface area (Å²) in [5, 5.41) is 5.59. The summed E-state index contributed by atoms with van der Waals surface area (Å²) in [4.78, 5) is 39.5. The Morgan fingerprint density at radius 2 is 1.83 bits per heavy atom. The van der Waals surface area contributed by atoms with Crippen molar-refractivity contribution in [1.29, 1.82) is 0 Å². The van der Waals surface area contributed by atoms with Crippen molar-refractivity contribution in [2.75, 3.05) is 31.0 Å². The number of methoxy groups -OCH3 is 2. The molecule has 0 spiro atoms. The lowest BCUT2D eigenvalue weighted by Gasteiger charge is -2.20. The number of rotatable bonds is 8. The fourth-order valence-corrected chi connectivity index (χ4v) is 4.05. The van der Waals surface area contributed by atoms with E-state index in [4.69, 9.17) is 9.47 Å². The highest BCUT2D eigenvalue weighted by atomic mass is 19.1. The summed E-state index contributed by atoms with van der Waals surface area (Å²) < 4.78 is 24.0. The predicted octanol–water partition coefficient (Wildman–Crippen LogP) is 3.76. The van der Waals surface area contributed by atoms with E-state index in [0.717, 1.165) is 11.6 Å². The lowest BCUT2D eigenvalue weighted by Crippen LogP contribution is -2.32. The van der Waals surface area contributed by atoms with Crippen LogP contribution in [0.1, 0.15) is 22.3 Å². The zero-order valence-corrected chi connectivity index (χ0v) is 19.9. The molecule has 1 heterocycles. The molecule has 36 heavy (non-hydrogen) atoms. The van der Waals surface area contributed by atoms with Crippen LogP contribution in [0.4, 0.5) is 15.8 Å². The van der Waals surface area contributed by atoms with Crippen molar-refractivity contribution in [2.24, 2.45) is 5.92 Å². The number of nitrogens with one attached hydrogen (secondary N) is 2. The van der Waals surface area contributed by atoms with Gasteiger partial charge in [-0.05, 0) is 48.0 Å². The molecule has 186 valence electrons. The van der Waals surface area contributed by atoms with E-state index in [1.165, 1.54) is 37.3 Å². The summed E-state index contributed by atoms with van der Waals surface area (Å²) in [6.45, 7) is 0.438. The van der Waals surface area contributed by atoms with Crippen LogP contribution in [0, 0.1) is 11.7 Å². The zero-order chi connectivity index (χ0) is 25.7. The minimum absolute atomic E-state index is 0.0793. The van der Waals surface area contributed by atoms with Crippen LogP contribution in [-0.4, -0.2) is 38.5 Å². The topological polar surface area (TPSA) is 97.0 Å². The van der Waals surface area contributed by atoms with Crippen LogP contribution >= 0.6 is 0 Å². The first kappa shape index (κ1) is 24.7. The summed E-state index contributed by atoms with van der Waals surface area (Å²) in [5.74, 6) is -0.783. The van der Waals surface area contributed by atoms with Gasteiger partial charge in [0.25, 0.3) is 5.91 Å². The van der Waals surface area contributed by atoms with Gasteiger partial charge in [0.2, 0.25) is 11.8 Å². The van der Waals surface area contributed by atoms with Crippen molar-refractivity contribution < 1.29 is 28.2 Å². The Bertz CT molecular complexity index is 1300. The Balaban J connectivity index is 1.37. The number of carbonyl (C=O) groups excluding carboxylic acids is 3. The standard InChI is InChI=1S/C27H26FN3O5/c1-35-22-9-10-24(36-2)23(14-22)31-16-19(13-25(31)32)26(33)29-15-17-5-3-8-21(11-17)30-27(34)18-6-4-7-20(28)12-18/h3-12,14,19H,13,15-16H2,1-2H3,(H,29,33)(H,30,34). The van der Waals surface area contributed by atoms with Gasteiger partial charge >= 0.3 is 0 Å². The number of ether oxygens (including phenoxy) is 2. The van der Waals surface area contributed by atoms with E-state index < -0.39 is 17.6 Å². The molecule has 0 saturated carbocycles. The molecule has 3 amide bonds. The molecule has 0 radical (unpaired) electrons. The largest absolute Gasteiger partial charge is 0.497 e. The van der Waals surface area contributed by atoms with Gasteiger partial charge in [-0.25, -0.2) is 4.39 Å².